The minimum atomic E-state index is -3.79. The summed E-state index contributed by atoms with van der Waals surface area (Å²) in [5, 5.41) is 17.4. The van der Waals surface area contributed by atoms with Crippen LogP contribution in [0.5, 0.6) is 0 Å². The van der Waals surface area contributed by atoms with Crippen LogP contribution in [0, 0.1) is 0 Å². The number of carbonyl (C=O) groups is 1. The van der Waals surface area contributed by atoms with E-state index in [0.29, 0.717) is 0 Å². The van der Waals surface area contributed by atoms with Gasteiger partial charge < -0.3 is 10.2 Å². The Morgan fingerprint density at radius 2 is 2.11 bits per heavy atom. The van der Waals surface area contributed by atoms with E-state index in [2.05, 4.69) is 4.72 Å². The zero-order valence-corrected chi connectivity index (χ0v) is 11.7. The maximum absolute atomic E-state index is 12.0. The molecule has 19 heavy (non-hydrogen) atoms. The van der Waals surface area contributed by atoms with Crippen molar-refractivity contribution in [2.75, 3.05) is 6.61 Å². The summed E-state index contributed by atoms with van der Waals surface area (Å²) in [5.41, 5.74) is -0.163. The van der Waals surface area contributed by atoms with E-state index < -0.39 is 22.0 Å². The molecule has 0 saturated carbocycles. The predicted molar refractivity (Wildman–Crippen MR) is 69.9 cm³/mol. The zero-order chi connectivity index (χ0) is 14.6. The number of aliphatic hydroxyl groups is 1. The summed E-state index contributed by atoms with van der Waals surface area (Å²) in [4.78, 5) is 10.7. The monoisotopic (exact) mass is 307 g/mol. The van der Waals surface area contributed by atoms with E-state index in [1.54, 1.807) is 6.92 Å². The van der Waals surface area contributed by atoms with Crippen LogP contribution < -0.4 is 4.72 Å². The minimum Gasteiger partial charge on any atom is -0.478 e. The molecule has 1 aromatic carbocycles. The molecular formula is C11H14ClNO5S. The highest BCUT2D eigenvalue weighted by molar-refractivity contribution is 7.89. The molecule has 0 spiro atoms. The van der Waals surface area contributed by atoms with Gasteiger partial charge in [0.05, 0.1) is 15.5 Å². The van der Waals surface area contributed by atoms with Crippen LogP contribution in [0.3, 0.4) is 0 Å². The fourth-order valence-electron chi connectivity index (χ4n) is 1.42. The van der Waals surface area contributed by atoms with E-state index in [1.807, 2.05) is 0 Å². The maximum atomic E-state index is 12.0. The normalized spacial score (nSPS) is 13.2. The van der Waals surface area contributed by atoms with Crippen LogP contribution in [0.2, 0.25) is 5.02 Å². The number of sulfonamides is 1. The lowest BCUT2D eigenvalue weighted by Crippen LogP contribution is -2.33. The highest BCUT2D eigenvalue weighted by Crippen LogP contribution is 2.21. The number of hydrogen-bond acceptors (Lipinski definition) is 4. The molecule has 0 aromatic heterocycles. The Morgan fingerprint density at radius 1 is 1.47 bits per heavy atom. The van der Waals surface area contributed by atoms with Gasteiger partial charge in [-0.2, -0.15) is 0 Å². The molecule has 106 valence electrons. The van der Waals surface area contributed by atoms with Crippen molar-refractivity contribution in [3.05, 3.63) is 28.8 Å². The minimum absolute atomic E-state index is 0.118. The summed E-state index contributed by atoms with van der Waals surface area (Å²) in [7, 11) is -3.79. The molecule has 0 radical (unpaired) electrons. The molecule has 1 atom stereocenters. The topological polar surface area (TPSA) is 104 Å². The molecule has 0 bridgehead atoms. The number of hydrogen-bond donors (Lipinski definition) is 3. The molecule has 1 aromatic rings. The van der Waals surface area contributed by atoms with Crippen LogP contribution in [-0.2, 0) is 10.0 Å². The largest absolute Gasteiger partial charge is 0.478 e. The number of halogens is 1. The molecule has 0 amide bonds. The number of carboxylic acids is 1. The fraction of sp³-hybridized carbons (Fsp3) is 0.364. The number of aromatic carboxylic acids is 1. The second-order valence-electron chi connectivity index (χ2n) is 3.98. The lowest BCUT2D eigenvalue weighted by Gasteiger charge is -2.13. The molecule has 0 aliphatic heterocycles. The third-order valence-electron chi connectivity index (χ3n) is 2.40. The van der Waals surface area contributed by atoms with Gasteiger partial charge in [-0.25, -0.2) is 17.9 Å². The summed E-state index contributed by atoms with van der Waals surface area (Å²) in [6.07, 6.45) is 0.278. The Hall–Kier alpha value is -1.15. The predicted octanol–water partition coefficient (Wildman–Crippen LogP) is 1.09. The van der Waals surface area contributed by atoms with Gasteiger partial charge in [0, 0.05) is 12.6 Å². The molecule has 8 heteroatoms. The molecule has 0 aliphatic rings. The highest BCUT2D eigenvalue weighted by Gasteiger charge is 2.19. The highest BCUT2D eigenvalue weighted by atomic mass is 35.5. The second kappa shape index (κ2) is 6.33. The Balaban J connectivity index is 3.03. The van der Waals surface area contributed by atoms with Gasteiger partial charge in [0.15, 0.2) is 0 Å². The first-order chi connectivity index (χ1) is 8.77. The van der Waals surface area contributed by atoms with Crippen molar-refractivity contribution in [1.82, 2.24) is 4.72 Å². The summed E-state index contributed by atoms with van der Waals surface area (Å²) >= 11 is 5.72. The maximum Gasteiger partial charge on any atom is 0.337 e. The van der Waals surface area contributed by atoms with Gasteiger partial charge in [-0.15, -0.1) is 0 Å². The lowest BCUT2D eigenvalue weighted by molar-refractivity contribution is 0.0697. The van der Waals surface area contributed by atoms with Crippen LogP contribution in [0.4, 0.5) is 0 Å². The second-order valence-corrected chi connectivity index (χ2v) is 6.10. The zero-order valence-electron chi connectivity index (χ0n) is 10.1. The molecule has 0 aliphatic carbocycles. The number of nitrogens with one attached hydrogen (secondary N) is 1. The van der Waals surface area contributed by atoms with E-state index in [9.17, 15) is 13.2 Å². The Labute approximate surface area is 116 Å². The van der Waals surface area contributed by atoms with E-state index in [4.69, 9.17) is 21.8 Å². The molecule has 1 rings (SSSR count). The first-order valence-corrected chi connectivity index (χ1v) is 7.30. The molecule has 0 fully saturated rings. The molecule has 0 heterocycles. The van der Waals surface area contributed by atoms with E-state index >= 15 is 0 Å². The van der Waals surface area contributed by atoms with Gasteiger partial charge in [-0.05, 0) is 31.5 Å². The third kappa shape index (κ3) is 4.17. The average Bonchev–Trinajstić information content (AvgIpc) is 2.27. The van der Waals surface area contributed by atoms with Crippen LogP contribution in [0.25, 0.3) is 0 Å². The summed E-state index contributed by atoms with van der Waals surface area (Å²) in [5.74, 6) is -1.23. The van der Waals surface area contributed by atoms with Crippen molar-refractivity contribution in [3.8, 4) is 0 Å². The first kappa shape index (κ1) is 15.9. The van der Waals surface area contributed by atoms with Gasteiger partial charge in [0.1, 0.15) is 0 Å². The fourth-order valence-corrected chi connectivity index (χ4v) is 3.05. The van der Waals surface area contributed by atoms with Crippen molar-refractivity contribution in [2.24, 2.45) is 0 Å². The number of carboxylic acid groups (broad SMARTS) is 1. The Morgan fingerprint density at radius 3 is 2.58 bits per heavy atom. The van der Waals surface area contributed by atoms with Crippen LogP contribution in [0.1, 0.15) is 23.7 Å². The SMILES string of the molecule is CC(CCO)NS(=O)(=O)c1ccc(C(=O)O)c(Cl)c1. The van der Waals surface area contributed by atoms with E-state index in [1.165, 1.54) is 6.07 Å². The van der Waals surface area contributed by atoms with Crippen molar-refractivity contribution in [1.29, 1.82) is 0 Å². The van der Waals surface area contributed by atoms with E-state index in [-0.39, 0.29) is 28.5 Å². The van der Waals surface area contributed by atoms with Gasteiger partial charge in [-0.3, -0.25) is 0 Å². The van der Waals surface area contributed by atoms with Crippen molar-refractivity contribution < 1.29 is 23.4 Å². The Kier molecular flexibility index (Phi) is 5.30. The number of rotatable bonds is 6. The van der Waals surface area contributed by atoms with E-state index in [0.717, 1.165) is 12.1 Å². The standard InChI is InChI=1S/C11H14ClNO5S/c1-7(4-5-14)13-19(17,18)8-2-3-9(11(15)16)10(12)6-8/h2-3,6-7,13-14H,4-5H2,1H3,(H,15,16). The average molecular weight is 308 g/mol. The summed E-state index contributed by atoms with van der Waals surface area (Å²) in [6.45, 7) is 1.48. The summed E-state index contributed by atoms with van der Waals surface area (Å²) < 4.78 is 26.3. The van der Waals surface area contributed by atoms with Gasteiger partial charge in [0.2, 0.25) is 10.0 Å². The smallest absolute Gasteiger partial charge is 0.337 e. The van der Waals surface area contributed by atoms with Crippen LogP contribution in [0.15, 0.2) is 23.1 Å². The van der Waals surface area contributed by atoms with Crippen LogP contribution in [-0.4, -0.2) is 37.2 Å². The summed E-state index contributed by atoms with van der Waals surface area (Å²) in [6, 6.07) is 2.95. The first-order valence-electron chi connectivity index (χ1n) is 5.44. The number of aliphatic hydroxyl groups excluding tert-OH is 1. The molecule has 1 unspecified atom stereocenters. The molecular weight excluding hydrogens is 294 g/mol. The number of benzene rings is 1. The molecule has 0 saturated heterocycles. The van der Waals surface area contributed by atoms with Gasteiger partial charge >= 0.3 is 5.97 Å². The quantitative estimate of drug-likeness (QED) is 0.730. The van der Waals surface area contributed by atoms with Crippen LogP contribution >= 0.6 is 11.6 Å². The van der Waals surface area contributed by atoms with Gasteiger partial charge in [0.25, 0.3) is 0 Å². The third-order valence-corrected chi connectivity index (χ3v) is 4.30. The molecule has 6 nitrogen and oxygen atoms in total. The molecule has 3 N–H and O–H groups in total. The van der Waals surface area contributed by atoms with Crippen molar-refractivity contribution >= 4 is 27.6 Å². The van der Waals surface area contributed by atoms with Crippen molar-refractivity contribution in [3.63, 3.8) is 0 Å². The van der Waals surface area contributed by atoms with Crippen molar-refractivity contribution in [2.45, 2.75) is 24.3 Å². The Bertz CT molecular complexity index is 572. The van der Waals surface area contributed by atoms with Gasteiger partial charge in [-0.1, -0.05) is 11.6 Å². The lowest BCUT2D eigenvalue weighted by atomic mass is 10.2.